The monoisotopic (exact) mass is 656 g/mol. The van der Waals surface area contributed by atoms with Gasteiger partial charge in [0.15, 0.2) is 0 Å². The summed E-state index contributed by atoms with van der Waals surface area (Å²) in [5, 5.41) is 20.4. The molecule has 6 atom stereocenters. The van der Waals surface area contributed by atoms with E-state index < -0.39 is 0 Å². The molecule has 0 bridgehead atoms. The van der Waals surface area contributed by atoms with E-state index in [1.54, 1.807) is 0 Å². The van der Waals surface area contributed by atoms with Gasteiger partial charge >= 0.3 is 0 Å². The molecule has 0 aliphatic carbocycles. The smallest absolute Gasteiger partial charge is 0.0433 e. The van der Waals surface area contributed by atoms with Crippen molar-refractivity contribution >= 4 is 31.9 Å². The van der Waals surface area contributed by atoms with Gasteiger partial charge in [-0.15, -0.1) is 0 Å². The Kier molecular flexibility index (Phi) is 35.9. The van der Waals surface area contributed by atoms with Gasteiger partial charge < -0.3 is 10.2 Å². The van der Waals surface area contributed by atoms with Crippen LogP contribution >= 0.6 is 31.9 Å². The molecule has 0 spiro atoms. The summed E-state index contributed by atoms with van der Waals surface area (Å²) in [5.41, 5.74) is 0. The van der Waals surface area contributed by atoms with Crippen LogP contribution in [0, 0.1) is 35.5 Å². The molecule has 2 nitrogen and oxygen atoms in total. The number of hydrogen-bond acceptors (Lipinski definition) is 2. The van der Waals surface area contributed by atoms with Gasteiger partial charge in [0.05, 0.1) is 0 Å². The molecule has 0 aromatic heterocycles. The van der Waals surface area contributed by atoms with Gasteiger partial charge in [0.2, 0.25) is 0 Å². The maximum Gasteiger partial charge on any atom is 0.0433 e. The molecule has 0 radical (unpaired) electrons. The molecule has 2 N–H and O–H groups in total. The second-order valence-corrected chi connectivity index (χ2v) is 12.8. The molecule has 0 aliphatic heterocycles. The summed E-state index contributed by atoms with van der Waals surface area (Å²) in [6.45, 7) is 14.5. The van der Waals surface area contributed by atoms with Crippen molar-refractivity contribution in [1.82, 2.24) is 0 Å². The SMILES string of the molecule is C.CCC(CCBr)CCC(CC)CC(CC)CCBr.CCC(CCO)CCC(CC)CC(CC)CCO. The van der Waals surface area contributed by atoms with Crippen molar-refractivity contribution in [1.29, 1.82) is 0 Å². The van der Waals surface area contributed by atoms with E-state index in [-0.39, 0.29) is 7.43 Å². The van der Waals surface area contributed by atoms with Crippen molar-refractivity contribution in [2.24, 2.45) is 35.5 Å². The van der Waals surface area contributed by atoms with Crippen molar-refractivity contribution in [3.8, 4) is 0 Å². The maximum atomic E-state index is 9.05. The second-order valence-electron chi connectivity index (χ2n) is 11.3. The Labute approximate surface area is 252 Å². The zero-order valence-corrected chi connectivity index (χ0v) is 28.4. The Morgan fingerprint density at radius 1 is 0.405 bits per heavy atom. The molecule has 0 fully saturated rings. The Morgan fingerprint density at radius 2 is 0.649 bits per heavy atom. The molecular formula is C33H70Br2O2. The first kappa shape index (κ1) is 42.3. The molecule has 0 aromatic carbocycles. The summed E-state index contributed by atoms with van der Waals surface area (Å²) in [5.74, 6) is 5.02. The minimum Gasteiger partial charge on any atom is -0.396 e. The standard InChI is InChI=1S/C16H32Br2.C16H34O2.CH4/c2*1-4-14(9-11-17)7-8-15(5-2)13-16(6-3)10-12-18;/h14-16H,4-13H2,1-3H3;14-18H,4-13H2,1-3H3;1H4. The Morgan fingerprint density at radius 3 is 0.973 bits per heavy atom. The highest BCUT2D eigenvalue weighted by Gasteiger charge is 2.17. The molecule has 0 rings (SSSR count). The first-order valence-corrected chi connectivity index (χ1v) is 18.0. The van der Waals surface area contributed by atoms with E-state index in [0.29, 0.717) is 25.0 Å². The summed E-state index contributed by atoms with van der Waals surface area (Å²) < 4.78 is 0. The average molecular weight is 659 g/mol. The van der Waals surface area contributed by atoms with Gasteiger partial charge in [-0.3, -0.25) is 0 Å². The number of hydrogen-bond donors (Lipinski definition) is 2. The molecule has 0 saturated carbocycles. The summed E-state index contributed by atoms with van der Waals surface area (Å²) in [7, 11) is 0. The molecule has 0 aliphatic rings. The predicted molar refractivity (Wildman–Crippen MR) is 177 cm³/mol. The maximum absolute atomic E-state index is 9.05. The van der Waals surface area contributed by atoms with Gasteiger partial charge in [-0.25, -0.2) is 0 Å². The lowest BCUT2D eigenvalue weighted by molar-refractivity contribution is 0.216. The van der Waals surface area contributed by atoms with Crippen molar-refractivity contribution in [3.05, 3.63) is 0 Å². The van der Waals surface area contributed by atoms with Gasteiger partial charge in [0.25, 0.3) is 0 Å². The van der Waals surface area contributed by atoms with E-state index in [0.717, 1.165) is 36.5 Å². The van der Waals surface area contributed by atoms with Crippen LogP contribution in [0.5, 0.6) is 0 Å². The third-order valence-electron chi connectivity index (χ3n) is 8.87. The highest BCUT2D eigenvalue weighted by molar-refractivity contribution is 9.09. The number of aliphatic hydroxyl groups is 2. The fraction of sp³-hybridized carbons (Fsp3) is 1.00. The third kappa shape index (κ3) is 24.4. The molecule has 37 heavy (non-hydrogen) atoms. The summed E-state index contributed by atoms with van der Waals surface area (Å²) in [6, 6.07) is 0. The van der Waals surface area contributed by atoms with Gasteiger partial charge in [0, 0.05) is 23.9 Å². The fourth-order valence-electron chi connectivity index (χ4n) is 5.62. The Hall–Kier alpha value is 0.880. The Balaban J connectivity index is -0.000000608. The van der Waals surface area contributed by atoms with E-state index in [1.807, 2.05) is 0 Å². The van der Waals surface area contributed by atoms with Crippen molar-refractivity contribution < 1.29 is 10.2 Å². The molecule has 0 amide bonds. The lowest BCUT2D eigenvalue weighted by Gasteiger charge is -2.23. The largest absolute Gasteiger partial charge is 0.396 e. The normalized spacial score (nSPS) is 16.1. The molecular weight excluding hydrogens is 588 g/mol. The van der Waals surface area contributed by atoms with E-state index in [2.05, 4.69) is 73.4 Å². The zero-order chi connectivity index (χ0) is 27.6. The van der Waals surface area contributed by atoms with Gasteiger partial charge in [-0.05, 0) is 74.0 Å². The quantitative estimate of drug-likeness (QED) is 0.101. The Bertz CT molecular complexity index is 383. The van der Waals surface area contributed by atoms with Crippen LogP contribution in [0.25, 0.3) is 0 Å². The summed E-state index contributed by atoms with van der Waals surface area (Å²) in [4.78, 5) is 0. The van der Waals surface area contributed by atoms with Crippen LogP contribution in [0.4, 0.5) is 0 Å². The molecule has 0 saturated heterocycles. The van der Waals surface area contributed by atoms with E-state index in [9.17, 15) is 0 Å². The van der Waals surface area contributed by atoms with Crippen LogP contribution in [0.1, 0.15) is 152 Å². The van der Waals surface area contributed by atoms with E-state index >= 15 is 0 Å². The van der Waals surface area contributed by atoms with E-state index in [1.165, 1.54) is 101 Å². The number of halogens is 2. The van der Waals surface area contributed by atoms with Gasteiger partial charge in [-0.2, -0.15) is 0 Å². The molecule has 4 heteroatoms. The average Bonchev–Trinajstić information content (AvgIpc) is 2.90. The molecule has 6 unspecified atom stereocenters. The van der Waals surface area contributed by atoms with Crippen molar-refractivity contribution in [2.75, 3.05) is 23.9 Å². The molecule has 228 valence electrons. The van der Waals surface area contributed by atoms with Crippen LogP contribution in [0.3, 0.4) is 0 Å². The minimum absolute atomic E-state index is 0. The highest BCUT2D eigenvalue weighted by Crippen LogP contribution is 2.29. The molecule has 0 aromatic rings. The number of aliphatic hydroxyl groups excluding tert-OH is 2. The van der Waals surface area contributed by atoms with E-state index in [4.69, 9.17) is 10.2 Å². The van der Waals surface area contributed by atoms with Crippen LogP contribution in [0.2, 0.25) is 0 Å². The lowest BCUT2D eigenvalue weighted by atomic mass is 9.83. The molecule has 0 heterocycles. The van der Waals surface area contributed by atoms with Crippen molar-refractivity contribution in [2.45, 2.75) is 152 Å². The highest BCUT2D eigenvalue weighted by atomic mass is 79.9. The fourth-order valence-corrected chi connectivity index (χ4v) is 6.91. The van der Waals surface area contributed by atoms with Crippen molar-refractivity contribution in [3.63, 3.8) is 0 Å². The first-order chi connectivity index (χ1) is 17.4. The predicted octanol–water partition coefficient (Wildman–Crippen LogP) is 11.4. The first-order valence-electron chi connectivity index (χ1n) is 15.8. The lowest BCUT2D eigenvalue weighted by Crippen LogP contribution is -2.12. The topological polar surface area (TPSA) is 40.5 Å². The summed E-state index contributed by atoms with van der Waals surface area (Å²) in [6.07, 6.45) is 20.4. The zero-order valence-electron chi connectivity index (χ0n) is 25.3. The third-order valence-corrected chi connectivity index (χ3v) is 9.79. The number of rotatable bonds is 24. The number of alkyl halides is 2. The van der Waals surface area contributed by atoms with Crippen LogP contribution < -0.4 is 0 Å². The van der Waals surface area contributed by atoms with Crippen LogP contribution in [-0.4, -0.2) is 34.1 Å². The van der Waals surface area contributed by atoms with Crippen LogP contribution in [0.15, 0.2) is 0 Å². The van der Waals surface area contributed by atoms with Crippen LogP contribution in [-0.2, 0) is 0 Å². The van der Waals surface area contributed by atoms with Gasteiger partial charge in [-0.1, -0.05) is 145 Å². The second kappa shape index (κ2) is 31.4. The summed E-state index contributed by atoms with van der Waals surface area (Å²) >= 11 is 7.17. The minimum atomic E-state index is 0. The van der Waals surface area contributed by atoms with Gasteiger partial charge in [0.1, 0.15) is 0 Å².